The van der Waals surface area contributed by atoms with Crippen molar-refractivity contribution in [2.24, 2.45) is 28.1 Å². The zero-order valence-electron chi connectivity index (χ0n) is 22.3. The standard InChI is InChI=1S/C23H42N8O6S/c1-13(2)18(30-19(33)14(28-17(32)12-24)6-4-9-27-23(25)26)20(34)29-15(8-11-38-3)21(35)31-10-5-7-16(31)22(36)37/h13-16,18H,4-12,24H2,1-3H3,(H,28,32)(H,29,34)(H,30,33)(H,36,37)(H4,25,26,27)/t14-,15-,16-,18-/m0/s1. The van der Waals surface area contributed by atoms with Crippen LogP contribution in [0, 0.1) is 5.92 Å². The second-order valence-corrected chi connectivity index (χ2v) is 10.4. The number of aliphatic imine (C=N–C) groups is 1. The molecule has 15 heteroatoms. The first kappa shape index (κ1) is 33.0. The lowest BCUT2D eigenvalue weighted by Gasteiger charge is -2.30. The normalized spacial score (nSPS) is 17.3. The van der Waals surface area contributed by atoms with Gasteiger partial charge in [0.05, 0.1) is 6.54 Å². The SMILES string of the molecule is CSCC[C@H](NC(=O)[C@@H](NC(=O)[C@H](CCCN=C(N)N)NC(=O)CN)C(C)C)C(=O)N1CCC[C@H]1C(=O)O. The third kappa shape index (κ3) is 10.7. The highest BCUT2D eigenvalue weighted by molar-refractivity contribution is 7.98. The van der Waals surface area contributed by atoms with Crippen molar-refractivity contribution in [2.45, 2.75) is 70.1 Å². The van der Waals surface area contributed by atoms with Crippen molar-refractivity contribution in [2.75, 3.05) is 31.6 Å². The Morgan fingerprint density at radius 3 is 2.29 bits per heavy atom. The number of thioether (sulfide) groups is 1. The maximum absolute atomic E-state index is 13.3. The molecule has 0 aliphatic carbocycles. The Kier molecular flexibility index (Phi) is 14.5. The van der Waals surface area contributed by atoms with Gasteiger partial charge in [-0.2, -0.15) is 11.8 Å². The third-order valence-electron chi connectivity index (χ3n) is 6.08. The summed E-state index contributed by atoms with van der Waals surface area (Å²) in [6.45, 7) is 3.69. The molecule has 1 aliphatic heterocycles. The summed E-state index contributed by atoms with van der Waals surface area (Å²) in [6, 6.07) is -3.87. The van der Waals surface area contributed by atoms with Gasteiger partial charge in [-0.1, -0.05) is 13.8 Å². The molecule has 0 aromatic carbocycles. The molecule has 0 unspecified atom stereocenters. The van der Waals surface area contributed by atoms with Crippen molar-refractivity contribution in [1.29, 1.82) is 0 Å². The topological polar surface area (TPSA) is 235 Å². The number of hydrogen-bond donors (Lipinski definition) is 7. The number of amides is 4. The number of carbonyl (C=O) groups excluding carboxylic acids is 4. The molecule has 0 radical (unpaired) electrons. The first-order chi connectivity index (χ1) is 17.9. The highest BCUT2D eigenvalue weighted by Gasteiger charge is 2.38. The van der Waals surface area contributed by atoms with Gasteiger partial charge in [0.25, 0.3) is 0 Å². The summed E-state index contributed by atoms with van der Waals surface area (Å²) < 4.78 is 0. The Hall–Kier alpha value is -3.07. The molecule has 10 N–H and O–H groups in total. The number of nitrogens with zero attached hydrogens (tertiary/aromatic N) is 2. The zero-order chi connectivity index (χ0) is 28.8. The number of guanidine groups is 1. The Balaban J connectivity index is 3.01. The number of aliphatic carboxylic acids is 1. The van der Waals surface area contributed by atoms with Crippen LogP contribution in [0.2, 0.25) is 0 Å². The molecule has 0 saturated carbocycles. The van der Waals surface area contributed by atoms with Crippen LogP contribution in [0.25, 0.3) is 0 Å². The Morgan fingerprint density at radius 1 is 1.05 bits per heavy atom. The molecule has 0 aromatic heterocycles. The molecule has 1 fully saturated rings. The van der Waals surface area contributed by atoms with E-state index in [4.69, 9.17) is 17.2 Å². The van der Waals surface area contributed by atoms with Crippen LogP contribution < -0.4 is 33.2 Å². The zero-order valence-corrected chi connectivity index (χ0v) is 23.1. The number of nitrogens with one attached hydrogen (secondary N) is 3. The van der Waals surface area contributed by atoms with Gasteiger partial charge in [0.1, 0.15) is 24.2 Å². The Labute approximate surface area is 227 Å². The van der Waals surface area contributed by atoms with Crippen LogP contribution in [0.1, 0.15) is 46.0 Å². The number of carboxylic acid groups (broad SMARTS) is 1. The van der Waals surface area contributed by atoms with Crippen molar-refractivity contribution >= 4 is 47.3 Å². The van der Waals surface area contributed by atoms with Crippen LogP contribution >= 0.6 is 11.8 Å². The van der Waals surface area contributed by atoms with Crippen LogP contribution in [-0.2, 0) is 24.0 Å². The number of carboxylic acids is 1. The summed E-state index contributed by atoms with van der Waals surface area (Å²) in [7, 11) is 0. The molecule has 0 bridgehead atoms. The number of carbonyl (C=O) groups is 5. The van der Waals surface area contributed by atoms with Crippen molar-refractivity contribution in [3.63, 3.8) is 0 Å². The first-order valence-corrected chi connectivity index (χ1v) is 14.0. The van der Waals surface area contributed by atoms with Crippen LogP contribution in [0.4, 0.5) is 0 Å². The Bertz CT molecular complexity index is 867. The maximum atomic E-state index is 13.3. The average Bonchev–Trinajstić information content (AvgIpc) is 3.36. The van der Waals surface area contributed by atoms with E-state index in [-0.39, 0.29) is 31.4 Å². The number of nitrogens with two attached hydrogens (primary N) is 3. The fourth-order valence-electron chi connectivity index (χ4n) is 4.06. The van der Waals surface area contributed by atoms with Crippen LogP contribution in [0.5, 0.6) is 0 Å². The lowest BCUT2D eigenvalue weighted by atomic mass is 10.0. The van der Waals surface area contributed by atoms with E-state index in [0.717, 1.165) is 0 Å². The van der Waals surface area contributed by atoms with E-state index < -0.39 is 53.8 Å². The molecule has 1 rings (SSSR count). The van der Waals surface area contributed by atoms with E-state index >= 15 is 0 Å². The first-order valence-electron chi connectivity index (χ1n) is 12.6. The van der Waals surface area contributed by atoms with Crippen LogP contribution in [0.3, 0.4) is 0 Å². The number of likely N-dealkylation sites (tertiary alicyclic amines) is 1. The molecular weight excluding hydrogens is 516 g/mol. The second kappa shape index (κ2) is 16.7. The van der Waals surface area contributed by atoms with Crippen molar-refractivity contribution in [3.8, 4) is 0 Å². The molecule has 38 heavy (non-hydrogen) atoms. The van der Waals surface area contributed by atoms with Gasteiger partial charge in [0.15, 0.2) is 5.96 Å². The van der Waals surface area contributed by atoms with E-state index in [1.807, 2.05) is 6.26 Å². The summed E-state index contributed by atoms with van der Waals surface area (Å²) in [6.07, 6.45) is 3.66. The van der Waals surface area contributed by atoms with Gasteiger partial charge in [-0.15, -0.1) is 0 Å². The summed E-state index contributed by atoms with van der Waals surface area (Å²) >= 11 is 1.49. The number of rotatable bonds is 16. The second-order valence-electron chi connectivity index (χ2n) is 9.37. The van der Waals surface area contributed by atoms with E-state index in [0.29, 0.717) is 38.0 Å². The lowest BCUT2D eigenvalue weighted by molar-refractivity contribution is -0.149. The van der Waals surface area contributed by atoms with Crippen LogP contribution in [-0.4, -0.2) is 101 Å². The van der Waals surface area contributed by atoms with E-state index in [2.05, 4.69) is 20.9 Å². The summed E-state index contributed by atoms with van der Waals surface area (Å²) in [5.74, 6) is -3.15. The quantitative estimate of drug-likeness (QED) is 0.0621. The van der Waals surface area contributed by atoms with Gasteiger partial charge in [-0.05, 0) is 50.0 Å². The Morgan fingerprint density at radius 2 is 1.74 bits per heavy atom. The fourth-order valence-corrected chi connectivity index (χ4v) is 4.53. The largest absolute Gasteiger partial charge is 0.480 e. The van der Waals surface area contributed by atoms with Gasteiger partial charge >= 0.3 is 5.97 Å². The minimum Gasteiger partial charge on any atom is -0.480 e. The number of hydrogen-bond acceptors (Lipinski definition) is 8. The van der Waals surface area contributed by atoms with Crippen molar-refractivity contribution in [1.82, 2.24) is 20.9 Å². The monoisotopic (exact) mass is 558 g/mol. The maximum Gasteiger partial charge on any atom is 0.326 e. The molecular formula is C23H42N8O6S. The van der Waals surface area contributed by atoms with E-state index in [9.17, 15) is 29.1 Å². The lowest BCUT2D eigenvalue weighted by Crippen LogP contribution is -2.59. The average molecular weight is 559 g/mol. The molecule has 216 valence electrons. The predicted octanol–water partition coefficient (Wildman–Crippen LogP) is -2.06. The summed E-state index contributed by atoms with van der Waals surface area (Å²) in [5.41, 5.74) is 16.0. The highest BCUT2D eigenvalue weighted by atomic mass is 32.2. The summed E-state index contributed by atoms with van der Waals surface area (Å²) in [4.78, 5) is 68.3. The summed E-state index contributed by atoms with van der Waals surface area (Å²) in [5, 5.41) is 17.4. The molecule has 4 atom stereocenters. The van der Waals surface area contributed by atoms with E-state index in [1.165, 1.54) is 16.7 Å². The minimum absolute atomic E-state index is 0.0947. The minimum atomic E-state index is -1.08. The van der Waals surface area contributed by atoms with Gasteiger partial charge in [-0.25, -0.2) is 4.79 Å². The van der Waals surface area contributed by atoms with Crippen molar-refractivity contribution < 1.29 is 29.1 Å². The molecule has 0 spiro atoms. The van der Waals surface area contributed by atoms with Gasteiger partial charge in [0, 0.05) is 13.1 Å². The molecule has 1 heterocycles. The molecule has 4 amide bonds. The molecule has 1 saturated heterocycles. The fraction of sp³-hybridized carbons (Fsp3) is 0.739. The smallest absolute Gasteiger partial charge is 0.326 e. The van der Waals surface area contributed by atoms with Crippen molar-refractivity contribution in [3.05, 3.63) is 0 Å². The van der Waals surface area contributed by atoms with Gasteiger partial charge in [0.2, 0.25) is 23.6 Å². The van der Waals surface area contributed by atoms with Gasteiger partial charge < -0.3 is 43.2 Å². The van der Waals surface area contributed by atoms with Crippen LogP contribution in [0.15, 0.2) is 4.99 Å². The highest BCUT2D eigenvalue weighted by Crippen LogP contribution is 2.20. The van der Waals surface area contributed by atoms with E-state index in [1.54, 1.807) is 13.8 Å². The molecule has 14 nitrogen and oxygen atoms in total. The molecule has 1 aliphatic rings. The molecule has 0 aromatic rings. The predicted molar refractivity (Wildman–Crippen MR) is 145 cm³/mol. The van der Waals surface area contributed by atoms with Gasteiger partial charge in [-0.3, -0.25) is 24.2 Å². The third-order valence-corrected chi connectivity index (χ3v) is 6.72.